The molecule has 2 rings (SSSR count). The highest BCUT2D eigenvalue weighted by Gasteiger charge is 2.09. The van der Waals surface area contributed by atoms with Crippen LogP contribution in [0.15, 0.2) is 42.5 Å². The molecule has 0 N–H and O–H groups in total. The van der Waals surface area contributed by atoms with Crippen LogP contribution in [0.2, 0.25) is 0 Å². The summed E-state index contributed by atoms with van der Waals surface area (Å²) in [5.74, 6) is 0.301. The number of benzene rings is 2. The maximum absolute atomic E-state index is 12.1. The molecule has 0 aromatic heterocycles. The molecule has 2 nitrogen and oxygen atoms in total. The first-order valence-electron chi connectivity index (χ1n) is 7.48. The Bertz CT molecular complexity index is 592. The number of carbonyl (C=O) groups is 1. The maximum atomic E-state index is 12.1. The number of hydrogen-bond donors (Lipinski definition) is 0. The van der Waals surface area contributed by atoms with E-state index in [1.165, 1.54) is 18.4 Å². The van der Waals surface area contributed by atoms with Gasteiger partial charge in [-0.15, -0.1) is 0 Å². The summed E-state index contributed by atoms with van der Waals surface area (Å²) in [4.78, 5) is 12.1. The summed E-state index contributed by atoms with van der Waals surface area (Å²) in [5, 5.41) is 0. The van der Waals surface area contributed by atoms with E-state index in [0.29, 0.717) is 11.3 Å². The second-order valence-electron chi connectivity index (χ2n) is 5.51. The lowest BCUT2D eigenvalue weighted by molar-refractivity contribution is 0.0734. The lowest BCUT2D eigenvalue weighted by Crippen LogP contribution is -2.08. The van der Waals surface area contributed by atoms with E-state index >= 15 is 0 Å². The van der Waals surface area contributed by atoms with E-state index in [-0.39, 0.29) is 5.97 Å². The van der Waals surface area contributed by atoms with Gasteiger partial charge in [-0.05, 0) is 67.6 Å². The predicted molar refractivity (Wildman–Crippen MR) is 85.9 cm³/mol. The van der Waals surface area contributed by atoms with Gasteiger partial charge >= 0.3 is 5.97 Å². The smallest absolute Gasteiger partial charge is 0.343 e. The Morgan fingerprint density at radius 1 is 1.00 bits per heavy atom. The molecule has 0 unspecified atom stereocenters. The quantitative estimate of drug-likeness (QED) is 0.578. The number of rotatable bonds is 5. The minimum atomic E-state index is -0.304. The van der Waals surface area contributed by atoms with Gasteiger partial charge in [0, 0.05) is 0 Å². The topological polar surface area (TPSA) is 26.3 Å². The first kappa shape index (κ1) is 15.3. The monoisotopic (exact) mass is 282 g/mol. The fourth-order valence-electron chi connectivity index (χ4n) is 2.35. The van der Waals surface area contributed by atoms with Gasteiger partial charge < -0.3 is 4.74 Å². The Morgan fingerprint density at radius 3 is 2.19 bits per heavy atom. The van der Waals surface area contributed by atoms with Crippen LogP contribution in [0.1, 0.15) is 46.8 Å². The summed E-state index contributed by atoms with van der Waals surface area (Å²) < 4.78 is 5.44. The Kier molecular flexibility index (Phi) is 5.15. The molecule has 0 aliphatic heterocycles. The van der Waals surface area contributed by atoms with Gasteiger partial charge in [-0.3, -0.25) is 0 Å². The van der Waals surface area contributed by atoms with Crippen LogP contribution >= 0.6 is 0 Å². The number of ether oxygens (including phenoxy) is 1. The standard InChI is InChI=1S/C19H22O2/c1-4-5-6-16-7-9-17(10-8-16)19(20)21-18-12-14(2)11-15(3)13-18/h7-13H,4-6H2,1-3H3. The highest BCUT2D eigenvalue weighted by atomic mass is 16.5. The van der Waals surface area contributed by atoms with Crippen LogP contribution in [0.3, 0.4) is 0 Å². The minimum Gasteiger partial charge on any atom is -0.423 e. The van der Waals surface area contributed by atoms with E-state index in [2.05, 4.69) is 13.0 Å². The van der Waals surface area contributed by atoms with Gasteiger partial charge in [0.1, 0.15) is 5.75 Å². The average molecular weight is 282 g/mol. The van der Waals surface area contributed by atoms with E-state index in [1.54, 1.807) is 0 Å². The van der Waals surface area contributed by atoms with Crippen molar-refractivity contribution in [1.82, 2.24) is 0 Å². The zero-order valence-electron chi connectivity index (χ0n) is 13.0. The summed E-state index contributed by atoms with van der Waals surface area (Å²) in [7, 11) is 0. The number of unbranched alkanes of at least 4 members (excludes halogenated alkanes) is 1. The summed E-state index contributed by atoms with van der Waals surface area (Å²) >= 11 is 0. The lowest BCUT2D eigenvalue weighted by atomic mass is 10.1. The number of aryl methyl sites for hydroxylation is 3. The molecule has 0 bridgehead atoms. The van der Waals surface area contributed by atoms with Crippen molar-refractivity contribution < 1.29 is 9.53 Å². The molecule has 0 radical (unpaired) electrons. The number of esters is 1. The molecule has 21 heavy (non-hydrogen) atoms. The molecule has 0 spiro atoms. The van der Waals surface area contributed by atoms with Crippen LogP contribution in [0.25, 0.3) is 0 Å². The summed E-state index contributed by atoms with van der Waals surface area (Å²) in [6, 6.07) is 13.5. The first-order chi connectivity index (χ1) is 10.1. The van der Waals surface area contributed by atoms with Gasteiger partial charge in [0.15, 0.2) is 0 Å². The molecular formula is C19H22O2. The van der Waals surface area contributed by atoms with Gasteiger partial charge in [-0.1, -0.05) is 31.5 Å². The predicted octanol–water partition coefficient (Wildman–Crippen LogP) is 4.87. The molecule has 0 atom stereocenters. The fraction of sp³-hybridized carbons (Fsp3) is 0.316. The average Bonchev–Trinajstić information content (AvgIpc) is 2.44. The van der Waals surface area contributed by atoms with Crippen molar-refractivity contribution in [1.29, 1.82) is 0 Å². The van der Waals surface area contributed by atoms with Crippen molar-refractivity contribution in [2.45, 2.75) is 40.0 Å². The second kappa shape index (κ2) is 7.07. The molecule has 0 fully saturated rings. The molecule has 0 saturated heterocycles. The summed E-state index contributed by atoms with van der Waals surface area (Å²) in [6.07, 6.45) is 3.41. The third-order valence-corrected chi connectivity index (χ3v) is 3.41. The number of carbonyl (C=O) groups excluding carboxylic acids is 1. The van der Waals surface area contributed by atoms with Gasteiger partial charge in [0.25, 0.3) is 0 Å². The SMILES string of the molecule is CCCCc1ccc(C(=O)Oc2cc(C)cc(C)c2)cc1. The molecule has 0 aliphatic rings. The molecule has 0 amide bonds. The zero-order valence-corrected chi connectivity index (χ0v) is 13.0. The zero-order chi connectivity index (χ0) is 15.2. The van der Waals surface area contributed by atoms with Gasteiger partial charge in [0.05, 0.1) is 5.56 Å². The summed E-state index contributed by atoms with van der Waals surface area (Å²) in [6.45, 7) is 6.16. The molecule has 0 aliphatic carbocycles. The van der Waals surface area contributed by atoms with Crippen LogP contribution in [-0.4, -0.2) is 5.97 Å². The van der Waals surface area contributed by atoms with Crippen molar-refractivity contribution in [3.8, 4) is 5.75 Å². The summed E-state index contributed by atoms with van der Waals surface area (Å²) in [5.41, 5.74) is 4.04. The van der Waals surface area contributed by atoms with E-state index in [4.69, 9.17) is 4.74 Å². The van der Waals surface area contributed by atoms with Crippen molar-refractivity contribution in [2.24, 2.45) is 0 Å². The molecule has 0 saturated carbocycles. The number of hydrogen-bond acceptors (Lipinski definition) is 2. The molecular weight excluding hydrogens is 260 g/mol. The van der Waals surface area contributed by atoms with E-state index in [9.17, 15) is 4.79 Å². The Balaban J connectivity index is 2.06. The molecule has 2 aromatic carbocycles. The lowest BCUT2D eigenvalue weighted by Gasteiger charge is -2.07. The van der Waals surface area contributed by atoms with Crippen molar-refractivity contribution >= 4 is 5.97 Å². The maximum Gasteiger partial charge on any atom is 0.343 e. The van der Waals surface area contributed by atoms with E-state index < -0.39 is 0 Å². The van der Waals surface area contributed by atoms with Gasteiger partial charge in [-0.2, -0.15) is 0 Å². The molecule has 2 aromatic rings. The Labute approximate surface area is 126 Å². The second-order valence-corrected chi connectivity index (χ2v) is 5.51. The van der Waals surface area contributed by atoms with E-state index in [1.807, 2.05) is 50.2 Å². The highest BCUT2D eigenvalue weighted by molar-refractivity contribution is 5.91. The fourth-order valence-corrected chi connectivity index (χ4v) is 2.35. The van der Waals surface area contributed by atoms with Crippen molar-refractivity contribution in [2.75, 3.05) is 0 Å². The van der Waals surface area contributed by atoms with Crippen LogP contribution in [0, 0.1) is 13.8 Å². The third-order valence-electron chi connectivity index (χ3n) is 3.41. The van der Waals surface area contributed by atoms with Gasteiger partial charge in [0.2, 0.25) is 0 Å². The molecule has 110 valence electrons. The van der Waals surface area contributed by atoms with Crippen LogP contribution < -0.4 is 4.74 Å². The Hall–Kier alpha value is -2.09. The van der Waals surface area contributed by atoms with E-state index in [0.717, 1.165) is 17.5 Å². The van der Waals surface area contributed by atoms with Crippen LogP contribution in [-0.2, 0) is 6.42 Å². The molecule has 2 heteroatoms. The van der Waals surface area contributed by atoms with Crippen molar-refractivity contribution in [3.63, 3.8) is 0 Å². The largest absolute Gasteiger partial charge is 0.423 e. The minimum absolute atomic E-state index is 0.304. The highest BCUT2D eigenvalue weighted by Crippen LogP contribution is 2.18. The third kappa shape index (κ3) is 4.45. The first-order valence-corrected chi connectivity index (χ1v) is 7.48. The normalized spacial score (nSPS) is 10.4. The van der Waals surface area contributed by atoms with Crippen LogP contribution in [0.5, 0.6) is 5.75 Å². The molecule has 0 heterocycles. The van der Waals surface area contributed by atoms with Crippen LogP contribution in [0.4, 0.5) is 0 Å². The Morgan fingerprint density at radius 2 is 1.62 bits per heavy atom. The van der Waals surface area contributed by atoms with Gasteiger partial charge in [-0.25, -0.2) is 4.79 Å². The van der Waals surface area contributed by atoms with Crippen molar-refractivity contribution in [3.05, 3.63) is 64.7 Å².